The highest BCUT2D eigenvalue weighted by Crippen LogP contribution is 2.24. The molecular weight excluding hydrogens is 421 g/mol. The number of furan rings is 1. The second-order valence-corrected chi connectivity index (χ2v) is 8.10. The van der Waals surface area contributed by atoms with Gasteiger partial charge in [0.15, 0.2) is 5.76 Å². The van der Waals surface area contributed by atoms with Crippen LogP contribution < -0.4 is 10.6 Å². The molecule has 3 heterocycles. The van der Waals surface area contributed by atoms with Crippen molar-refractivity contribution in [2.75, 3.05) is 38.2 Å². The van der Waals surface area contributed by atoms with Gasteiger partial charge in [-0.2, -0.15) is 0 Å². The van der Waals surface area contributed by atoms with E-state index in [1.54, 1.807) is 36.4 Å². The van der Waals surface area contributed by atoms with Gasteiger partial charge in [0.25, 0.3) is 11.8 Å². The third-order valence-electron chi connectivity index (χ3n) is 5.01. The number of hydrogen-bond acceptors (Lipinski definition) is 6. The minimum absolute atomic E-state index is 0.0912. The van der Waals surface area contributed by atoms with Crippen LogP contribution in [0.1, 0.15) is 31.8 Å². The number of ether oxygens (including phenoxy) is 1. The van der Waals surface area contributed by atoms with Crippen LogP contribution in [0, 0.1) is 5.82 Å². The van der Waals surface area contributed by atoms with E-state index in [1.807, 2.05) is 0 Å². The van der Waals surface area contributed by atoms with E-state index in [2.05, 4.69) is 15.5 Å². The van der Waals surface area contributed by atoms with Gasteiger partial charge in [0.2, 0.25) is 0 Å². The number of carbonyl (C=O) groups excluding carboxylic acids is 2. The van der Waals surface area contributed by atoms with E-state index in [-0.39, 0.29) is 29.4 Å². The maximum Gasteiger partial charge on any atom is 0.291 e. The molecule has 0 bridgehead atoms. The van der Waals surface area contributed by atoms with Gasteiger partial charge in [-0.3, -0.25) is 14.5 Å². The van der Waals surface area contributed by atoms with E-state index in [9.17, 15) is 14.0 Å². The number of rotatable bonds is 7. The van der Waals surface area contributed by atoms with Crippen molar-refractivity contribution in [1.29, 1.82) is 0 Å². The third-order valence-corrected chi connectivity index (χ3v) is 6.01. The molecule has 31 heavy (non-hydrogen) atoms. The predicted octanol–water partition coefficient (Wildman–Crippen LogP) is 3.54. The Balaban J connectivity index is 1.40. The molecule has 1 aliphatic rings. The number of nitrogens with zero attached hydrogens (tertiary/aromatic N) is 1. The minimum atomic E-state index is -0.373. The number of nitrogens with one attached hydrogen (secondary N) is 2. The Hall–Kier alpha value is -3.01. The molecule has 0 radical (unpaired) electrons. The Bertz CT molecular complexity index is 1010. The van der Waals surface area contributed by atoms with Gasteiger partial charge in [-0.05, 0) is 42.0 Å². The second-order valence-electron chi connectivity index (χ2n) is 7.02. The highest BCUT2D eigenvalue weighted by atomic mass is 32.1. The summed E-state index contributed by atoms with van der Waals surface area (Å²) in [5.74, 6) is -0.699. The molecule has 0 saturated carbocycles. The minimum Gasteiger partial charge on any atom is -0.459 e. The van der Waals surface area contributed by atoms with Crippen molar-refractivity contribution >= 4 is 28.2 Å². The average molecular weight is 444 g/mol. The second kappa shape index (κ2) is 9.86. The molecule has 2 amide bonds. The molecule has 3 aromatic rings. The summed E-state index contributed by atoms with van der Waals surface area (Å²) < 4.78 is 23.9. The first-order valence-electron chi connectivity index (χ1n) is 9.90. The van der Waals surface area contributed by atoms with Crippen LogP contribution >= 0.6 is 11.3 Å². The van der Waals surface area contributed by atoms with Gasteiger partial charge in [0.1, 0.15) is 5.82 Å². The number of halogens is 1. The fourth-order valence-electron chi connectivity index (χ4n) is 3.42. The average Bonchev–Trinajstić information content (AvgIpc) is 3.48. The number of hydrogen-bond donors (Lipinski definition) is 2. The van der Waals surface area contributed by atoms with E-state index in [4.69, 9.17) is 9.15 Å². The molecule has 9 heteroatoms. The summed E-state index contributed by atoms with van der Waals surface area (Å²) in [4.78, 5) is 27.5. The summed E-state index contributed by atoms with van der Waals surface area (Å²) in [6.45, 7) is 3.08. The lowest BCUT2D eigenvalue weighted by Crippen LogP contribution is -2.43. The molecule has 2 N–H and O–H groups in total. The van der Waals surface area contributed by atoms with Gasteiger partial charge in [0.05, 0.1) is 35.4 Å². The van der Waals surface area contributed by atoms with Crippen LogP contribution in [0.3, 0.4) is 0 Å². The molecule has 1 fully saturated rings. The Kier molecular flexibility index (Phi) is 6.76. The molecule has 4 rings (SSSR count). The summed E-state index contributed by atoms with van der Waals surface area (Å²) in [5, 5.41) is 6.23. The van der Waals surface area contributed by atoms with Crippen molar-refractivity contribution in [3.63, 3.8) is 0 Å². The van der Waals surface area contributed by atoms with Gasteiger partial charge in [-0.25, -0.2) is 4.39 Å². The number of anilines is 1. The van der Waals surface area contributed by atoms with Crippen molar-refractivity contribution in [2.45, 2.75) is 6.04 Å². The van der Waals surface area contributed by atoms with Crippen LogP contribution in [0.2, 0.25) is 0 Å². The number of carbonyl (C=O) groups is 2. The third kappa shape index (κ3) is 5.38. The monoisotopic (exact) mass is 443 g/mol. The number of benzene rings is 1. The fourth-order valence-corrected chi connectivity index (χ4v) is 4.23. The van der Waals surface area contributed by atoms with Crippen molar-refractivity contribution < 1.29 is 23.1 Å². The number of morpholine rings is 1. The lowest BCUT2D eigenvalue weighted by molar-refractivity contribution is 0.0162. The van der Waals surface area contributed by atoms with E-state index < -0.39 is 0 Å². The van der Waals surface area contributed by atoms with Crippen LogP contribution in [0.25, 0.3) is 0 Å². The summed E-state index contributed by atoms with van der Waals surface area (Å²) in [6, 6.07) is 12.8. The highest BCUT2D eigenvalue weighted by Gasteiger charge is 2.24. The highest BCUT2D eigenvalue weighted by molar-refractivity contribution is 7.18. The molecule has 1 aliphatic heterocycles. The van der Waals surface area contributed by atoms with Gasteiger partial charge in [0, 0.05) is 19.6 Å². The zero-order valence-corrected chi connectivity index (χ0v) is 17.5. The largest absolute Gasteiger partial charge is 0.459 e. The van der Waals surface area contributed by atoms with Crippen molar-refractivity contribution in [1.82, 2.24) is 10.2 Å². The SMILES string of the molecule is O=C(Nc1ccc(C(=O)NCC(c2ccc(F)cc2)N2CCOCC2)s1)c1ccco1. The molecule has 1 unspecified atom stereocenters. The summed E-state index contributed by atoms with van der Waals surface area (Å²) >= 11 is 1.18. The lowest BCUT2D eigenvalue weighted by atomic mass is 10.0. The molecule has 1 saturated heterocycles. The first-order valence-corrected chi connectivity index (χ1v) is 10.7. The maximum atomic E-state index is 13.4. The Morgan fingerprint density at radius 2 is 1.84 bits per heavy atom. The molecule has 7 nitrogen and oxygen atoms in total. The van der Waals surface area contributed by atoms with E-state index in [0.717, 1.165) is 18.7 Å². The smallest absolute Gasteiger partial charge is 0.291 e. The molecule has 162 valence electrons. The van der Waals surface area contributed by atoms with Crippen LogP contribution in [-0.4, -0.2) is 49.6 Å². The van der Waals surface area contributed by atoms with Gasteiger partial charge in [-0.1, -0.05) is 12.1 Å². The van der Waals surface area contributed by atoms with E-state index in [1.165, 1.54) is 29.7 Å². The number of amides is 2. The maximum absolute atomic E-state index is 13.4. The van der Waals surface area contributed by atoms with E-state index in [0.29, 0.717) is 29.6 Å². The molecular formula is C22H22FN3O4S. The lowest BCUT2D eigenvalue weighted by Gasteiger charge is -2.34. The Labute approximate surface area is 182 Å². The van der Waals surface area contributed by atoms with Crippen LogP contribution in [-0.2, 0) is 4.74 Å². The van der Waals surface area contributed by atoms with Crippen LogP contribution in [0.5, 0.6) is 0 Å². The van der Waals surface area contributed by atoms with Gasteiger partial charge >= 0.3 is 0 Å². The molecule has 1 aromatic carbocycles. The van der Waals surface area contributed by atoms with Crippen LogP contribution in [0.15, 0.2) is 59.2 Å². The van der Waals surface area contributed by atoms with Gasteiger partial charge in [-0.15, -0.1) is 11.3 Å². The first kappa shape index (κ1) is 21.2. The van der Waals surface area contributed by atoms with Crippen molar-refractivity contribution in [3.05, 3.63) is 76.8 Å². The summed E-state index contributed by atoms with van der Waals surface area (Å²) in [5.41, 5.74) is 0.932. The quantitative estimate of drug-likeness (QED) is 0.584. The molecule has 0 aliphatic carbocycles. The molecule has 2 aromatic heterocycles. The summed E-state index contributed by atoms with van der Waals surface area (Å²) in [7, 11) is 0. The van der Waals surface area contributed by atoms with E-state index >= 15 is 0 Å². The first-order chi connectivity index (χ1) is 15.1. The normalized spacial score (nSPS) is 15.4. The molecule has 0 spiro atoms. The standard InChI is InChI=1S/C22H22FN3O4S/c23-16-5-3-15(4-6-16)17(26-9-12-29-13-10-26)14-24-22(28)19-7-8-20(31-19)25-21(27)18-2-1-11-30-18/h1-8,11,17H,9-10,12-14H2,(H,24,28)(H,25,27). The predicted molar refractivity (Wildman–Crippen MR) is 115 cm³/mol. The number of thiophene rings is 1. The molecule has 1 atom stereocenters. The van der Waals surface area contributed by atoms with Gasteiger partial charge < -0.3 is 19.8 Å². The fraction of sp³-hybridized carbons (Fsp3) is 0.273. The zero-order chi connectivity index (χ0) is 21.6. The summed E-state index contributed by atoms with van der Waals surface area (Å²) in [6.07, 6.45) is 1.42. The Morgan fingerprint density at radius 3 is 2.55 bits per heavy atom. The van der Waals surface area contributed by atoms with Crippen molar-refractivity contribution in [3.8, 4) is 0 Å². The van der Waals surface area contributed by atoms with Crippen molar-refractivity contribution in [2.24, 2.45) is 0 Å². The zero-order valence-electron chi connectivity index (χ0n) is 16.7. The topological polar surface area (TPSA) is 83.8 Å². The van der Waals surface area contributed by atoms with Crippen LogP contribution in [0.4, 0.5) is 9.39 Å². The Morgan fingerprint density at radius 1 is 1.06 bits per heavy atom.